The van der Waals surface area contributed by atoms with E-state index in [-0.39, 0.29) is 12.6 Å². The number of benzene rings is 1. The summed E-state index contributed by atoms with van der Waals surface area (Å²) >= 11 is 0. The normalized spacial score (nSPS) is 13.0. The van der Waals surface area contributed by atoms with Crippen LogP contribution in [0.3, 0.4) is 0 Å². The lowest BCUT2D eigenvalue weighted by atomic mass is 9.98. The summed E-state index contributed by atoms with van der Waals surface area (Å²) in [6.07, 6.45) is 0.399. The van der Waals surface area contributed by atoms with Crippen LogP contribution in [-0.2, 0) is 25.5 Å². The molecule has 0 radical (unpaired) electrons. The fourth-order valence-corrected chi connectivity index (χ4v) is 2.04. The Morgan fingerprint density at radius 1 is 1.07 bits per heavy atom. The molecule has 0 aliphatic heterocycles. The summed E-state index contributed by atoms with van der Waals surface area (Å²) in [6.45, 7) is 10.0. The topological polar surface area (TPSA) is 94.1 Å². The Labute approximate surface area is 161 Å². The average Bonchev–Trinajstić information content (AvgIpc) is 2.53. The minimum atomic E-state index is -1.04. The maximum Gasteiger partial charge on any atom is 0.314 e. The van der Waals surface area contributed by atoms with Crippen LogP contribution in [0.4, 0.5) is 0 Å². The molecule has 7 nitrogen and oxygen atoms in total. The summed E-state index contributed by atoms with van der Waals surface area (Å²) in [5, 5.41) is 12.8. The third-order valence-electron chi connectivity index (χ3n) is 3.46. The lowest BCUT2D eigenvalue weighted by molar-refractivity contribution is -0.172. The van der Waals surface area contributed by atoms with E-state index in [1.807, 2.05) is 6.92 Å². The van der Waals surface area contributed by atoms with Crippen molar-refractivity contribution in [3.8, 4) is 5.75 Å². The second-order valence-corrected chi connectivity index (χ2v) is 7.85. The summed E-state index contributed by atoms with van der Waals surface area (Å²) in [5.41, 5.74) is -0.933. The highest BCUT2D eigenvalue weighted by Crippen LogP contribution is 2.17. The van der Waals surface area contributed by atoms with Crippen molar-refractivity contribution in [1.82, 2.24) is 5.32 Å². The molecule has 0 saturated carbocycles. The highest BCUT2D eigenvalue weighted by Gasteiger charge is 2.23. The molecule has 2 N–H and O–H groups in total. The van der Waals surface area contributed by atoms with Crippen molar-refractivity contribution in [2.45, 2.75) is 66.3 Å². The first-order valence-corrected chi connectivity index (χ1v) is 8.99. The van der Waals surface area contributed by atoms with Gasteiger partial charge in [-0.05, 0) is 58.7 Å². The first-order chi connectivity index (χ1) is 12.4. The van der Waals surface area contributed by atoms with E-state index in [2.05, 4.69) is 5.32 Å². The van der Waals surface area contributed by atoms with Gasteiger partial charge < -0.3 is 19.3 Å². The molecular formula is C20H31NO6. The summed E-state index contributed by atoms with van der Waals surface area (Å²) in [7, 11) is 0. The monoisotopic (exact) mass is 381 g/mol. The first kappa shape index (κ1) is 22.9. The molecule has 0 amide bonds. The van der Waals surface area contributed by atoms with Crippen molar-refractivity contribution >= 4 is 11.9 Å². The number of aliphatic hydroxyl groups is 1. The van der Waals surface area contributed by atoms with Crippen molar-refractivity contribution in [1.29, 1.82) is 0 Å². The van der Waals surface area contributed by atoms with Gasteiger partial charge in [-0.1, -0.05) is 19.1 Å². The van der Waals surface area contributed by atoms with Crippen LogP contribution >= 0.6 is 0 Å². The fraction of sp³-hybridized carbons (Fsp3) is 0.600. The summed E-state index contributed by atoms with van der Waals surface area (Å²) in [6, 6.07) is 7.01. The number of hydrogen-bond donors (Lipinski definition) is 2. The van der Waals surface area contributed by atoms with Gasteiger partial charge in [0.1, 0.15) is 11.5 Å². The predicted molar refractivity (Wildman–Crippen MR) is 101 cm³/mol. The van der Waals surface area contributed by atoms with Gasteiger partial charge in [0.2, 0.25) is 6.79 Å². The van der Waals surface area contributed by atoms with Gasteiger partial charge in [0.15, 0.2) is 6.23 Å². The van der Waals surface area contributed by atoms with Crippen LogP contribution in [0.15, 0.2) is 24.3 Å². The molecule has 7 heteroatoms. The molecule has 0 bridgehead atoms. The minimum Gasteiger partial charge on any atom is -0.475 e. The van der Waals surface area contributed by atoms with Crippen LogP contribution in [0.5, 0.6) is 5.75 Å². The first-order valence-electron chi connectivity index (χ1n) is 8.99. The lowest BCUT2D eigenvalue weighted by Gasteiger charge is -2.27. The van der Waals surface area contributed by atoms with E-state index in [0.717, 1.165) is 5.56 Å². The van der Waals surface area contributed by atoms with E-state index in [1.54, 1.807) is 58.9 Å². The number of esters is 2. The van der Waals surface area contributed by atoms with Crippen LogP contribution in [0, 0.1) is 5.41 Å². The molecule has 27 heavy (non-hydrogen) atoms. The molecule has 152 valence electrons. The van der Waals surface area contributed by atoms with E-state index < -0.39 is 29.9 Å². The maximum atomic E-state index is 11.8. The van der Waals surface area contributed by atoms with Crippen LogP contribution in [0.25, 0.3) is 0 Å². The average molecular weight is 381 g/mol. The highest BCUT2D eigenvalue weighted by molar-refractivity contribution is 5.76. The van der Waals surface area contributed by atoms with Gasteiger partial charge in [0.05, 0.1) is 11.8 Å². The molecule has 1 aromatic carbocycles. The fourth-order valence-electron chi connectivity index (χ4n) is 2.04. The van der Waals surface area contributed by atoms with Crippen molar-refractivity contribution < 1.29 is 28.9 Å². The van der Waals surface area contributed by atoms with Gasteiger partial charge in [-0.2, -0.15) is 0 Å². The summed E-state index contributed by atoms with van der Waals surface area (Å²) in [4.78, 5) is 23.4. The van der Waals surface area contributed by atoms with Gasteiger partial charge in [0, 0.05) is 0 Å². The van der Waals surface area contributed by atoms with E-state index in [1.165, 1.54) is 0 Å². The zero-order valence-electron chi connectivity index (χ0n) is 17.0. The van der Waals surface area contributed by atoms with E-state index in [4.69, 9.17) is 14.2 Å². The Hall–Kier alpha value is -2.12. The van der Waals surface area contributed by atoms with Gasteiger partial charge >= 0.3 is 11.9 Å². The highest BCUT2D eigenvalue weighted by atomic mass is 16.7. The van der Waals surface area contributed by atoms with Crippen molar-refractivity contribution in [3.63, 3.8) is 0 Å². The largest absolute Gasteiger partial charge is 0.475 e. The molecular weight excluding hydrogens is 350 g/mol. The third-order valence-corrected chi connectivity index (χ3v) is 3.46. The Morgan fingerprint density at radius 2 is 1.67 bits per heavy atom. The molecule has 0 saturated heterocycles. The van der Waals surface area contributed by atoms with Crippen LogP contribution in [0.2, 0.25) is 0 Å². The van der Waals surface area contributed by atoms with Crippen LogP contribution in [0.1, 0.15) is 53.5 Å². The molecule has 1 atom stereocenters. The number of rotatable bonds is 9. The SMILES string of the molecule is CCC(NC(C)(C)O)Oc1ccc(CC(=O)OCOC(=O)C(C)(C)C)cc1. The zero-order valence-corrected chi connectivity index (χ0v) is 17.0. The molecule has 1 aromatic rings. The van der Waals surface area contributed by atoms with Gasteiger partial charge in [0.25, 0.3) is 0 Å². The zero-order chi connectivity index (χ0) is 20.7. The second-order valence-electron chi connectivity index (χ2n) is 7.85. The van der Waals surface area contributed by atoms with Crippen LogP contribution in [-0.4, -0.2) is 35.8 Å². The van der Waals surface area contributed by atoms with Crippen molar-refractivity contribution in [2.75, 3.05) is 6.79 Å². The van der Waals surface area contributed by atoms with Gasteiger partial charge in [-0.15, -0.1) is 0 Å². The molecule has 1 rings (SSSR count). The second kappa shape index (κ2) is 9.71. The molecule has 0 aliphatic rings. The minimum absolute atomic E-state index is 0.0620. The quantitative estimate of drug-likeness (QED) is 0.502. The van der Waals surface area contributed by atoms with Crippen molar-refractivity contribution in [2.24, 2.45) is 5.41 Å². The van der Waals surface area contributed by atoms with Crippen LogP contribution < -0.4 is 10.1 Å². The number of ether oxygens (including phenoxy) is 3. The summed E-state index contributed by atoms with van der Waals surface area (Å²) < 4.78 is 15.6. The Bertz CT molecular complexity index is 613. The van der Waals surface area contributed by atoms with Gasteiger partial charge in [-0.3, -0.25) is 14.9 Å². The van der Waals surface area contributed by atoms with E-state index in [0.29, 0.717) is 12.2 Å². The molecule has 0 aliphatic carbocycles. The standard InChI is InChI=1S/C20H31NO6/c1-7-16(21-20(5,6)24)27-15-10-8-14(9-11-15)12-17(22)25-13-26-18(23)19(2,3)4/h8-11,16,21,24H,7,12-13H2,1-6H3. The predicted octanol–water partition coefficient (Wildman–Crippen LogP) is 2.75. The number of nitrogens with one attached hydrogen (secondary N) is 1. The lowest BCUT2D eigenvalue weighted by Crippen LogP contribution is -2.48. The number of hydrogen-bond acceptors (Lipinski definition) is 7. The number of carbonyl (C=O) groups excluding carboxylic acids is 2. The third kappa shape index (κ3) is 9.40. The summed E-state index contributed by atoms with van der Waals surface area (Å²) in [5.74, 6) is -0.294. The Kier molecular flexibility index (Phi) is 8.24. The maximum absolute atomic E-state index is 11.8. The van der Waals surface area contributed by atoms with Gasteiger partial charge in [-0.25, -0.2) is 0 Å². The molecule has 0 fully saturated rings. The molecule has 0 spiro atoms. The molecule has 0 heterocycles. The molecule has 1 unspecified atom stereocenters. The smallest absolute Gasteiger partial charge is 0.314 e. The Balaban J connectivity index is 2.47. The number of carbonyl (C=O) groups is 2. The van der Waals surface area contributed by atoms with Crippen molar-refractivity contribution in [3.05, 3.63) is 29.8 Å². The van der Waals surface area contributed by atoms with E-state index in [9.17, 15) is 14.7 Å². The molecule has 0 aromatic heterocycles. The van der Waals surface area contributed by atoms with E-state index >= 15 is 0 Å². The Morgan fingerprint density at radius 3 is 2.15 bits per heavy atom.